The van der Waals surface area contributed by atoms with Crippen molar-refractivity contribution in [1.82, 2.24) is 25.3 Å². The van der Waals surface area contributed by atoms with E-state index in [4.69, 9.17) is 9.15 Å². The van der Waals surface area contributed by atoms with E-state index in [1.165, 1.54) is 5.56 Å². The van der Waals surface area contributed by atoms with E-state index in [0.29, 0.717) is 13.2 Å². The third-order valence-corrected chi connectivity index (χ3v) is 4.00. The molecule has 1 unspecified atom stereocenters. The number of hydrogen-bond donors (Lipinski definition) is 2. The van der Waals surface area contributed by atoms with Gasteiger partial charge in [0, 0.05) is 45.6 Å². The molecule has 0 aromatic carbocycles. The van der Waals surface area contributed by atoms with Crippen LogP contribution >= 0.6 is 0 Å². The molecule has 144 valence electrons. The van der Waals surface area contributed by atoms with Gasteiger partial charge in [-0.15, -0.1) is 0 Å². The molecule has 0 bridgehead atoms. The Morgan fingerprint density at radius 3 is 2.88 bits per heavy atom. The van der Waals surface area contributed by atoms with E-state index in [0.717, 1.165) is 31.2 Å². The number of guanidine groups is 1. The number of likely N-dealkylation sites (N-methyl/N-ethyl adjacent to an activating group) is 1. The van der Waals surface area contributed by atoms with Crippen LogP contribution in [0.5, 0.6) is 0 Å². The summed E-state index contributed by atoms with van der Waals surface area (Å²) >= 11 is 0. The van der Waals surface area contributed by atoms with Crippen LogP contribution in [-0.4, -0.2) is 61.5 Å². The van der Waals surface area contributed by atoms with Crippen molar-refractivity contribution in [2.75, 3.05) is 40.8 Å². The standard InChI is InChI=1S/C18H30N6O2/c1-19-18(20-8-6-9-25-14-16-7-5-10-26-16)21-12-17(23(2)3)15-11-22-24(4)13-15/h5,7,10-11,13,17H,6,8-9,12,14H2,1-4H3,(H2,19,20,21). The van der Waals surface area contributed by atoms with Crippen molar-refractivity contribution in [3.05, 3.63) is 42.1 Å². The van der Waals surface area contributed by atoms with Gasteiger partial charge in [-0.25, -0.2) is 0 Å². The predicted octanol–water partition coefficient (Wildman–Crippen LogP) is 1.39. The molecule has 8 nitrogen and oxygen atoms in total. The molecule has 0 aliphatic carbocycles. The number of hydrogen-bond acceptors (Lipinski definition) is 5. The van der Waals surface area contributed by atoms with Gasteiger partial charge in [-0.3, -0.25) is 9.67 Å². The van der Waals surface area contributed by atoms with Gasteiger partial charge in [-0.05, 0) is 32.6 Å². The maximum Gasteiger partial charge on any atom is 0.191 e. The third-order valence-electron chi connectivity index (χ3n) is 4.00. The smallest absolute Gasteiger partial charge is 0.191 e. The van der Waals surface area contributed by atoms with Crippen molar-refractivity contribution in [3.8, 4) is 0 Å². The van der Waals surface area contributed by atoms with Crippen molar-refractivity contribution in [3.63, 3.8) is 0 Å². The van der Waals surface area contributed by atoms with Gasteiger partial charge in [0.25, 0.3) is 0 Å². The summed E-state index contributed by atoms with van der Waals surface area (Å²) < 4.78 is 12.6. The second kappa shape index (κ2) is 10.6. The highest BCUT2D eigenvalue weighted by molar-refractivity contribution is 5.79. The average molecular weight is 362 g/mol. The highest BCUT2D eigenvalue weighted by Gasteiger charge is 2.16. The van der Waals surface area contributed by atoms with E-state index >= 15 is 0 Å². The van der Waals surface area contributed by atoms with Crippen LogP contribution in [0.25, 0.3) is 0 Å². The van der Waals surface area contributed by atoms with Gasteiger partial charge in [0.1, 0.15) is 12.4 Å². The van der Waals surface area contributed by atoms with Gasteiger partial charge in [0.05, 0.1) is 18.5 Å². The summed E-state index contributed by atoms with van der Waals surface area (Å²) in [7, 11) is 7.83. The van der Waals surface area contributed by atoms with Crippen LogP contribution in [0.4, 0.5) is 0 Å². The lowest BCUT2D eigenvalue weighted by Gasteiger charge is -2.24. The number of nitrogens with zero attached hydrogens (tertiary/aromatic N) is 4. The molecule has 2 aromatic rings. The molecule has 2 heterocycles. The van der Waals surface area contributed by atoms with Crippen molar-refractivity contribution >= 4 is 5.96 Å². The van der Waals surface area contributed by atoms with Crippen LogP contribution in [0.3, 0.4) is 0 Å². The third kappa shape index (κ3) is 6.53. The number of ether oxygens (including phenoxy) is 1. The Morgan fingerprint density at radius 1 is 1.42 bits per heavy atom. The van der Waals surface area contributed by atoms with Gasteiger partial charge in [-0.1, -0.05) is 0 Å². The van der Waals surface area contributed by atoms with Crippen molar-refractivity contribution < 1.29 is 9.15 Å². The van der Waals surface area contributed by atoms with Gasteiger partial charge in [0.15, 0.2) is 5.96 Å². The Hall–Kier alpha value is -2.32. The average Bonchev–Trinajstić information content (AvgIpc) is 3.28. The van der Waals surface area contributed by atoms with Crippen LogP contribution < -0.4 is 10.6 Å². The fraction of sp³-hybridized carbons (Fsp3) is 0.556. The molecule has 2 rings (SSSR count). The predicted molar refractivity (Wildman–Crippen MR) is 102 cm³/mol. The highest BCUT2D eigenvalue weighted by atomic mass is 16.5. The molecule has 0 radical (unpaired) electrons. The monoisotopic (exact) mass is 362 g/mol. The Kier molecular flexibility index (Phi) is 8.17. The summed E-state index contributed by atoms with van der Waals surface area (Å²) in [5.74, 6) is 1.63. The fourth-order valence-corrected chi connectivity index (χ4v) is 2.57. The van der Waals surface area contributed by atoms with Gasteiger partial charge in [-0.2, -0.15) is 5.10 Å². The Morgan fingerprint density at radius 2 is 2.27 bits per heavy atom. The number of aryl methyl sites for hydroxylation is 1. The molecule has 0 amide bonds. The summed E-state index contributed by atoms with van der Waals surface area (Å²) in [5, 5.41) is 10.9. The molecule has 0 saturated carbocycles. The van der Waals surface area contributed by atoms with E-state index in [-0.39, 0.29) is 6.04 Å². The van der Waals surface area contributed by atoms with E-state index < -0.39 is 0 Å². The number of rotatable bonds is 10. The maximum absolute atomic E-state index is 5.57. The first-order valence-corrected chi connectivity index (χ1v) is 8.79. The largest absolute Gasteiger partial charge is 0.467 e. The molecule has 2 aromatic heterocycles. The Labute approximate surface area is 155 Å². The normalized spacial score (nSPS) is 13.2. The molecule has 26 heavy (non-hydrogen) atoms. The minimum atomic E-state index is 0.221. The zero-order valence-electron chi connectivity index (χ0n) is 16.1. The van der Waals surface area contributed by atoms with Gasteiger partial charge < -0.3 is 24.7 Å². The highest BCUT2D eigenvalue weighted by Crippen LogP contribution is 2.15. The number of aliphatic imine (C=N–C) groups is 1. The zero-order valence-corrected chi connectivity index (χ0v) is 16.1. The van der Waals surface area contributed by atoms with E-state index in [2.05, 4.69) is 39.7 Å². The van der Waals surface area contributed by atoms with Crippen LogP contribution in [0.2, 0.25) is 0 Å². The molecule has 0 spiro atoms. The molecular weight excluding hydrogens is 332 g/mol. The second-order valence-corrected chi connectivity index (χ2v) is 6.29. The number of aromatic nitrogens is 2. The van der Waals surface area contributed by atoms with E-state index in [1.807, 2.05) is 36.3 Å². The summed E-state index contributed by atoms with van der Waals surface area (Å²) in [6, 6.07) is 3.99. The lowest BCUT2D eigenvalue weighted by molar-refractivity contribution is 0.105. The summed E-state index contributed by atoms with van der Waals surface area (Å²) in [6.45, 7) is 2.71. The van der Waals surface area contributed by atoms with Gasteiger partial charge >= 0.3 is 0 Å². The van der Waals surface area contributed by atoms with Crippen LogP contribution in [-0.2, 0) is 18.4 Å². The summed E-state index contributed by atoms with van der Waals surface area (Å²) in [4.78, 5) is 6.44. The minimum absolute atomic E-state index is 0.221. The second-order valence-electron chi connectivity index (χ2n) is 6.29. The molecule has 2 N–H and O–H groups in total. The zero-order chi connectivity index (χ0) is 18.8. The first kappa shape index (κ1) is 20.0. The Bertz CT molecular complexity index is 650. The van der Waals surface area contributed by atoms with Gasteiger partial charge in [0.2, 0.25) is 0 Å². The van der Waals surface area contributed by atoms with E-state index in [9.17, 15) is 0 Å². The summed E-state index contributed by atoms with van der Waals surface area (Å²) in [5.41, 5.74) is 1.17. The SMILES string of the molecule is CN=C(NCCCOCc1ccco1)NCC(c1cnn(C)c1)N(C)C. The van der Waals surface area contributed by atoms with E-state index in [1.54, 1.807) is 13.3 Å². The molecule has 0 saturated heterocycles. The Balaban J connectivity index is 1.66. The first-order valence-electron chi connectivity index (χ1n) is 8.79. The van der Waals surface area contributed by atoms with Crippen LogP contribution in [0, 0.1) is 0 Å². The van der Waals surface area contributed by atoms with Crippen molar-refractivity contribution in [2.45, 2.75) is 19.1 Å². The van der Waals surface area contributed by atoms with Crippen molar-refractivity contribution in [1.29, 1.82) is 0 Å². The fourth-order valence-electron chi connectivity index (χ4n) is 2.57. The van der Waals surface area contributed by atoms with Crippen LogP contribution in [0.1, 0.15) is 23.8 Å². The topological polar surface area (TPSA) is 79.9 Å². The lowest BCUT2D eigenvalue weighted by atomic mass is 10.1. The number of nitrogens with one attached hydrogen (secondary N) is 2. The van der Waals surface area contributed by atoms with Crippen molar-refractivity contribution in [2.24, 2.45) is 12.0 Å². The number of furan rings is 1. The van der Waals surface area contributed by atoms with Crippen LogP contribution in [0.15, 0.2) is 40.2 Å². The molecule has 0 aliphatic heterocycles. The lowest BCUT2D eigenvalue weighted by Crippen LogP contribution is -2.42. The quantitative estimate of drug-likeness (QED) is 0.378. The molecular formula is C18H30N6O2. The maximum atomic E-state index is 5.57. The molecule has 0 aliphatic rings. The first-order chi connectivity index (χ1) is 12.6. The molecule has 8 heteroatoms. The summed E-state index contributed by atoms with van der Waals surface area (Å²) in [6.07, 6.45) is 6.49. The minimum Gasteiger partial charge on any atom is -0.467 e. The molecule has 1 atom stereocenters. The molecule has 0 fully saturated rings.